The van der Waals surface area contributed by atoms with Crippen molar-refractivity contribution in [3.63, 3.8) is 0 Å². The maximum Gasteiger partial charge on any atom is 0.185 e. The Hall–Kier alpha value is -0.790. The van der Waals surface area contributed by atoms with E-state index in [1.165, 1.54) is 0 Å². The first-order chi connectivity index (χ1) is 7.56. The predicted molar refractivity (Wildman–Crippen MR) is 74.2 cm³/mol. The van der Waals surface area contributed by atoms with Gasteiger partial charge in [-0.1, -0.05) is 41.5 Å². The molecule has 1 aliphatic heterocycles. The third-order valence-electron chi connectivity index (χ3n) is 3.45. The summed E-state index contributed by atoms with van der Waals surface area (Å²) in [4.78, 5) is 4.20. The molecule has 0 saturated carbocycles. The maximum absolute atomic E-state index is 6.10. The molecule has 0 saturated heterocycles. The zero-order valence-electron chi connectivity index (χ0n) is 12.4. The van der Waals surface area contributed by atoms with Crippen LogP contribution >= 0.6 is 0 Å². The van der Waals surface area contributed by atoms with E-state index in [9.17, 15) is 0 Å². The number of rotatable bonds is 2. The smallest absolute Gasteiger partial charge is 0.185 e. The predicted octanol–water partition coefficient (Wildman–Crippen LogP) is 4.56. The van der Waals surface area contributed by atoms with Crippen molar-refractivity contribution < 1.29 is 4.74 Å². The quantitative estimate of drug-likeness (QED) is 0.690. The third-order valence-corrected chi connectivity index (χ3v) is 3.45. The van der Waals surface area contributed by atoms with Crippen molar-refractivity contribution >= 4 is 5.90 Å². The van der Waals surface area contributed by atoms with E-state index < -0.39 is 0 Å². The Morgan fingerprint density at radius 2 is 1.76 bits per heavy atom. The standard InChI is InChI=1S/C15H27NO/c1-12-16-11-10-15(17-12,14(5,6)7)9-8-13(2,3)4/h10-11H,8-9H2,1-7H3. The van der Waals surface area contributed by atoms with Gasteiger partial charge in [-0.3, -0.25) is 0 Å². The highest BCUT2D eigenvalue weighted by Crippen LogP contribution is 2.42. The Bertz CT molecular complexity index is 328. The van der Waals surface area contributed by atoms with Gasteiger partial charge in [0.25, 0.3) is 0 Å². The minimum absolute atomic E-state index is 0.0753. The summed E-state index contributed by atoms with van der Waals surface area (Å²) in [5.41, 5.74) is 0.190. The highest BCUT2D eigenvalue weighted by Gasteiger charge is 2.43. The lowest BCUT2D eigenvalue weighted by Crippen LogP contribution is -2.46. The average molecular weight is 237 g/mol. The lowest BCUT2D eigenvalue weighted by Gasteiger charge is -2.44. The van der Waals surface area contributed by atoms with Gasteiger partial charge >= 0.3 is 0 Å². The van der Waals surface area contributed by atoms with Crippen LogP contribution in [0, 0.1) is 10.8 Å². The molecular formula is C15H27NO. The normalized spacial score (nSPS) is 25.5. The van der Waals surface area contributed by atoms with Crippen LogP contribution in [-0.2, 0) is 4.74 Å². The van der Waals surface area contributed by atoms with Gasteiger partial charge in [-0.05, 0) is 24.3 Å². The van der Waals surface area contributed by atoms with E-state index in [-0.39, 0.29) is 11.0 Å². The van der Waals surface area contributed by atoms with Crippen molar-refractivity contribution in [2.75, 3.05) is 0 Å². The van der Waals surface area contributed by atoms with Gasteiger partial charge in [0.2, 0.25) is 0 Å². The second kappa shape index (κ2) is 4.47. The Balaban J connectivity index is 2.90. The van der Waals surface area contributed by atoms with E-state index in [4.69, 9.17) is 4.74 Å². The summed E-state index contributed by atoms with van der Waals surface area (Å²) in [6.07, 6.45) is 6.20. The van der Waals surface area contributed by atoms with Crippen molar-refractivity contribution in [2.45, 2.75) is 66.9 Å². The summed E-state index contributed by atoms with van der Waals surface area (Å²) >= 11 is 0. The second-order valence-corrected chi connectivity index (χ2v) is 7.27. The molecule has 0 spiro atoms. The van der Waals surface area contributed by atoms with Crippen LogP contribution in [0.3, 0.4) is 0 Å². The fraction of sp³-hybridized carbons (Fsp3) is 0.800. The minimum Gasteiger partial charge on any atom is -0.470 e. The zero-order valence-corrected chi connectivity index (χ0v) is 12.4. The molecule has 98 valence electrons. The molecule has 0 bridgehead atoms. The summed E-state index contributed by atoms with van der Waals surface area (Å²) in [5, 5.41) is 0. The van der Waals surface area contributed by atoms with E-state index in [0.717, 1.165) is 18.7 Å². The Kier molecular flexibility index (Phi) is 3.75. The van der Waals surface area contributed by atoms with Crippen molar-refractivity contribution in [1.82, 2.24) is 0 Å². The molecular weight excluding hydrogens is 210 g/mol. The average Bonchev–Trinajstić information content (AvgIpc) is 2.12. The Morgan fingerprint density at radius 3 is 2.18 bits per heavy atom. The van der Waals surface area contributed by atoms with Gasteiger partial charge in [-0.15, -0.1) is 0 Å². The molecule has 0 radical (unpaired) electrons. The maximum atomic E-state index is 6.10. The lowest BCUT2D eigenvalue weighted by atomic mass is 9.71. The van der Waals surface area contributed by atoms with Crippen LogP contribution < -0.4 is 0 Å². The van der Waals surface area contributed by atoms with Crippen LogP contribution in [0.2, 0.25) is 0 Å². The van der Waals surface area contributed by atoms with E-state index in [1.54, 1.807) is 0 Å². The Labute approximate surface area is 106 Å². The zero-order chi connectivity index (χ0) is 13.3. The van der Waals surface area contributed by atoms with Crippen LogP contribution in [-0.4, -0.2) is 11.5 Å². The molecule has 0 aromatic heterocycles. The van der Waals surface area contributed by atoms with Gasteiger partial charge < -0.3 is 4.74 Å². The number of aliphatic imine (C=N–C) groups is 1. The van der Waals surface area contributed by atoms with Crippen LogP contribution in [0.5, 0.6) is 0 Å². The molecule has 17 heavy (non-hydrogen) atoms. The summed E-state index contributed by atoms with van der Waals surface area (Å²) < 4.78 is 6.10. The molecule has 0 aromatic carbocycles. The summed E-state index contributed by atoms with van der Waals surface area (Å²) in [6, 6.07) is 0. The van der Waals surface area contributed by atoms with Crippen LogP contribution in [0.1, 0.15) is 61.3 Å². The monoisotopic (exact) mass is 237 g/mol. The fourth-order valence-corrected chi connectivity index (χ4v) is 2.06. The minimum atomic E-state index is -0.216. The second-order valence-electron chi connectivity index (χ2n) is 7.27. The fourth-order valence-electron chi connectivity index (χ4n) is 2.06. The first-order valence-electron chi connectivity index (χ1n) is 6.47. The van der Waals surface area contributed by atoms with Gasteiger partial charge in [0, 0.05) is 18.5 Å². The molecule has 1 rings (SSSR count). The number of nitrogens with zero attached hydrogens (tertiary/aromatic N) is 1. The molecule has 2 heteroatoms. The van der Waals surface area contributed by atoms with E-state index >= 15 is 0 Å². The molecule has 0 fully saturated rings. The molecule has 1 unspecified atom stereocenters. The topological polar surface area (TPSA) is 21.6 Å². The molecule has 0 amide bonds. The molecule has 0 N–H and O–H groups in total. The van der Waals surface area contributed by atoms with Crippen LogP contribution in [0.4, 0.5) is 0 Å². The molecule has 0 aliphatic carbocycles. The Morgan fingerprint density at radius 1 is 1.18 bits per heavy atom. The van der Waals surface area contributed by atoms with Crippen molar-refractivity contribution in [3.05, 3.63) is 12.3 Å². The van der Waals surface area contributed by atoms with Gasteiger partial charge in [-0.2, -0.15) is 0 Å². The molecule has 1 atom stereocenters. The van der Waals surface area contributed by atoms with Crippen molar-refractivity contribution in [1.29, 1.82) is 0 Å². The van der Waals surface area contributed by atoms with E-state index in [0.29, 0.717) is 5.41 Å². The summed E-state index contributed by atoms with van der Waals surface area (Å²) in [7, 11) is 0. The number of ether oxygens (including phenoxy) is 1. The number of hydrogen-bond acceptors (Lipinski definition) is 2. The molecule has 1 heterocycles. The third kappa shape index (κ3) is 3.58. The first-order valence-corrected chi connectivity index (χ1v) is 6.47. The first kappa shape index (κ1) is 14.3. The summed E-state index contributed by atoms with van der Waals surface area (Å²) in [5.74, 6) is 0.774. The van der Waals surface area contributed by atoms with E-state index in [2.05, 4.69) is 52.6 Å². The summed E-state index contributed by atoms with van der Waals surface area (Å²) in [6.45, 7) is 15.5. The largest absolute Gasteiger partial charge is 0.470 e. The van der Waals surface area contributed by atoms with Crippen LogP contribution in [0.15, 0.2) is 17.3 Å². The van der Waals surface area contributed by atoms with Gasteiger partial charge in [0.1, 0.15) is 5.60 Å². The van der Waals surface area contributed by atoms with Gasteiger partial charge in [0.05, 0.1) is 0 Å². The van der Waals surface area contributed by atoms with Crippen LogP contribution in [0.25, 0.3) is 0 Å². The van der Waals surface area contributed by atoms with E-state index in [1.807, 2.05) is 13.1 Å². The molecule has 1 aliphatic rings. The number of hydrogen-bond donors (Lipinski definition) is 0. The SMILES string of the molecule is CC1=NC=CC(CCC(C)(C)C)(C(C)(C)C)O1. The van der Waals surface area contributed by atoms with Crippen molar-refractivity contribution in [3.8, 4) is 0 Å². The molecule has 2 nitrogen and oxygen atoms in total. The highest BCUT2D eigenvalue weighted by atomic mass is 16.5. The highest BCUT2D eigenvalue weighted by molar-refractivity contribution is 5.75. The van der Waals surface area contributed by atoms with Gasteiger partial charge in [0.15, 0.2) is 5.90 Å². The lowest BCUT2D eigenvalue weighted by molar-refractivity contribution is -0.0189. The van der Waals surface area contributed by atoms with Gasteiger partial charge in [-0.25, -0.2) is 4.99 Å². The molecule has 0 aromatic rings. The van der Waals surface area contributed by atoms with Crippen molar-refractivity contribution in [2.24, 2.45) is 15.8 Å².